The molecule has 0 aliphatic heterocycles. The predicted molar refractivity (Wildman–Crippen MR) is 54.9 cm³/mol. The number of anilines is 1. The molecule has 0 saturated heterocycles. The van der Waals surface area contributed by atoms with Crippen molar-refractivity contribution in [1.82, 2.24) is 0 Å². The SMILES string of the molecule is Cc1ccc(N)cc1OCCC(N)=O. The van der Waals surface area contributed by atoms with Gasteiger partial charge in [0.2, 0.25) is 5.91 Å². The van der Waals surface area contributed by atoms with Gasteiger partial charge in [0.25, 0.3) is 0 Å². The van der Waals surface area contributed by atoms with Gasteiger partial charge >= 0.3 is 0 Å². The summed E-state index contributed by atoms with van der Waals surface area (Å²) in [6.45, 7) is 2.21. The van der Waals surface area contributed by atoms with Crippen molar-refractivity contribution in [2.45, 2.75) is 13.3 Å². The molecule has 0 atom stereocenters. The van der Waals surface area contributed by atoms with Crippen molar-refractivity contribution >= 4 is 11.6 Å². The van der Waals surface area contributed by atoms with Crippen LogP contribution < -0.4 is 16.2 Å². The van der Waals surface area contributed by atoms with Gasteiger partial charge in [-0.1, -0.05) is 6.07 Å². The van der Waals surface area contributed by atoms with Gasteiger partial charge in [-0.3, -0.25) is 4.79 Å². The summed E-state index contributed by atoms with van der Waals surface area (Å²) in [4.78, 5) is 10.5. The van der Waals surface area contributed by atoms with E-state index in [1.165, 1.54) is 0 Å². The van der Waals surface area contributed by atoms with Gasteiger partial charge in [0.05, 0.1) is 13.0 Å². The molecule has 4 nitrogen and oxygen atoms in total. The Morgan fingerprint density at radius 3 is 2.86 bits per heavy atom. The molecule has 1 aromatic rings. The molecule has 1 rings (SSSR count). The van der Waals surface area contributed by atoms with E-state index < -0.39 is 0 Å². The normalized spacial score (nSPS) is 9.79. The molecule has 4 heteroatoms. The third kappa shape index (κ3) is 2.97. The monoisotopic (exact) mass is 194 g/mol. The second kappa shape index (κ2) is 4.50. The summed E-state index contributed by atoms with van der Waals surface area (Å²) in [6, 6.07) is 5.40. The van der Waals surface area contributed by atoms with Crippen LogP contribution in [-0.2, 0) is 4.79 Å². The lowest BCUT2D eigenvalue weighted by Crippen LogP contribution is -2.14. The molecular formula is C10H14N2O2. The number of amides is 1. The molecule has 4 N–H and O–H groups in total. The number of nitrogens with two attached hydrogens (primary N) is 2. The van der Waals surface area contributed by atoms with Gasteiger partial charge in [-0.15, -0.1) is 0 Å². The number of nitrogen functional groups attached to an aromatic ring is 1. The first-order chi connectivity index (χ1) is 6.59. The van der Waals surface area contributed by atoms with Gasteiger partial charge in [-0.25, -0.2) is 0 Å². The fourth-order valence-electron chi connectivity index (χ4n) is 1.03. The standard InChI is InChI=1S/C10H14N2O2/c1-7-2-3-8(11)6-9(7)14-5-4-10(12)13/h2-3,6H,4-5,11H2,1H3,(H2,12,13). The minimum absolute atomic E-state index is 0.217. The van der Waals surface area contributed by atoms with Crippen LogP contribution in [0, 0.1) is 6.92 Å². The molecular weight excluding hydrogens is 180 g/mol. The Balaban J connectivity index is 2.57. The number of rotatable bonds is 4. The molecule has 1 aromatic carbocycles. The number of ether oxygens (including phenoxy) is 1. The number of carbonyl (C=O) groups excluding carboxylic acids is 1. The molecule has 0 unspecified atom stereocenters. The zero-order valence-electron chi connectivity index (χ0n) is 8.12. The highest BCUT2D eigenvalue weighted by Gasteiger charge is 2.01. The zero-order chi connectivity index (χ0) is 10.6. The zero-order valence-corrected chi connectivity index (χ0v) is 8.12. The van der Waals surface area contributed by atoms with Crippen molar-refractivity contribution in [3.8, 4) is 5.75 Å². The summed E-state index contributed by atoms with van der Waals surface area (Å²) in [5.41, 5.74) is 12.2. The first-order valence-corrected chi connectivity index (χ1v) is 4.37. The van der Waals surface area contributed by atoms with Crippen molar-refractivity contribution in [2.24, 2.45) is 5.73 Å². The molecule has 0 bridgehead atoms. The smallest absolute Gasteiger partial charge is 0.220 e. The maximum Gasteiger partial charge on any atom is 0.220 e. The number of primary amides is 1. The van der Waals surface area contributed by atoms with E-state index in [0.29, 0.717) is 18.0 Å². The Labute approximate surface area is 82.8 Å². The number of aryl methyl sites for hydroxylation is 1. The average Bonchev–Trinajstić information content (AvgIpc) is 2.10. The van der Waals surface area contributed by atoms with Crippen molar-refractivity contribution in [2.75, 3.05) is 12.3 Å². The van der Waals surface area contributed by atoms with Gasteiger partial charge in [-0.2, -0.15) is 0 Å². The number of carbonyl (C=O) groups is 1. The highest BCUT2D eigenvalue weighted by molar-refractivity contribution is 5.73. The van der Waals surface area contributed by atoms with E-state index in [9.17, 15) is 4.79 Å². The molecule has 0 aliphatic rings. The van der Waals surface area contributed by atoms with E-state index in [1.807, 2.05) is 13.0 Å². The highest BCUT2D eigenvalue weighted by atomic mass is 16.5. The first kappa shape index (κ1) is 10.4. The summed E-state index contributed by atoms with van der Waals surface area (Å²) in [5, 5.41) is 0. The maximum absolute atomic E-state index is 10.5. The lowest BCUT2D eigenvalue weighted by atomic mass is 10.2. The van der Waals surface area contributed by atoms with Crippen LogP contribution in [0.5, 0.6) is 5.75 Å². The van der Waals surface area contributed by atoms with Crippen LogP contribution in [0.1, 0.15) is 12.0 Å². The molecule has 14 heavy (non-hydrogen) atoms. The van der Waals surface area contributed by atoms with Crippen molar-refractivity contribution in [3.63, 3.8) is 0 Å². The molecule has 0 aromatic heterocycles. The highest BCUT2D eigenvalue weighted by Crippen LogP contribution is 2.20. The van der Waals surface area contributed by atoms with Crippen LogP contribution in [0.3, 0.4) is 0 Å². The molecule has 1 amide bonds. The van der Waals surface area contributed by atoms with Gasteiger partial charge in [0.1, 0.15) is 5.75 Å². The predicted octanol–water partition coefficient (Wildman–Crippen LogP) is 0.831. The Kier molecular flexibility index (Phi) is 3.34. The summed E-state index contributed by atoms with van der Waals surface area (Å²) < 4.78 is 5.35. The minimum atomic E-state index is -0.369. The second-order valence-corrected chi connectivity index (χ2v) is 3.09. The van der Waals surface area contributed by atoms with Crippen LogP contribution >= 0.6 is 0 Å². The number of hydrogen-bond donors (Lipinski definition) is 2. The van der Waals surface area contributed by atoms with Crippen LogP contribution in [0.15, 0.2) is 18.2 Å². The van der Waals surface area contributed by atoms with E-state index in [-0.39, 0.29) is 12.3 Å². The van der Waals surface area contributed by atoms with Crippen LogP contribution in [0.2, 0.25) is 0 Å². The van der Waals surface area contributed by atoms with E-state index in [1.54, 1.807) is 12.1 Å². The Morgan fingerprint density at radius 2 is 2.21 bits per heavy atom. The van der Waals surface area contributed by atoms with Crippen molar-refractivity contribution in [1.29, 1.82) is 0 Å². The van der Waals surface area contributed by atoms with Crippen LogP contribution in [0.4, 0.5) is 5.69 Å². The molecule has 0 aliphatic carbocycles. The Hall–Kier alpha value is -1.71. The quantitative estimate of drug-likeness (QED) is 0.697. The van der Waals surface area contributed by atoms with Gasteiger partial charge in [-0.05, 0) is 18.6 Å². The number of benzene rings is 1. The third-order valence-electron chi connectivity index (χ3n) is 1.82. The van der Waals surface area contributed by atoms with Gasteiger partial charge < -0.3 is 16.2 Å². The largest absolute Gasteiger partial charge is 0.493 e. The van der Waals surface area contributed by atoms with E-state index in [2.05, 4.69) is 0 Å². The maximum atomic E-state index is 10.5. The average molecular weight is 194 g/mol. The second-order valence-electron chi connectivity index (χ2n) is 3.09. The lowest BCUT2D eigenvalue weighted by molar-refractivity contribution is -0.118. The van der Waals surface area contributed by atoms with E-state index in [0.717, 1.165) is 5.56 Å². The van der Waals surface area contributed by atoms with Gasteiger partial charge in [0.15, 0.2) is 0 Å². The topological polar surface area (TPSA) is 78.3 Å². The summed E-state index contributed by atoms with van der Waals surface area (Å²) in [5.74, 6) is 0.331. The molecule has 0 radical (unpaired) electrons. The van der Waals surface area contributed by atoms with Gasteiger partial charge in [0, 0.05) is 11.8 Å². The lowest BCUT2D eigenvalue weighted by Gasteiger charge is -2.08. The Bertz CT molecular complexity index is 337. The molecule has 0 heterocycles. The molecule has 0 saturated carbocycles. The van der Waals surface area contributed by atoms with Crippen LogP contribution in [-0.4, -0.2) is 12.5 Å². The van der Waals surface area contributed by atoms with Crippen molar-refractivity contribution in [3.05, 3.63) is 23.8 Å². The fraction of sp³-hybridized carbons (Fsp3) is 0.300. The summed E-state index contributed by atoms with van der Waals surface area (Å²) in [6.07, 6.45) is 0.217. The molecule has 0 spiro atoms. The van der Waals surface area contributed by atoms with E-state index in [4.69, 9.17) is 16.2 Å². The fourth-order valence-corrected chi connectivity index (χ4v) is 1.03. The summed E-state index contributed by atoms with van der Waals surface area (Å²) in [7, 11) is 0. The van der Waals surface area contributed by atoms with Crippen LogP contribution in [0.25, 0.3) is 0 Å². The first-order valence-electron chi connectivity index (χ1n) is 4.37. The van der Waals surface area contributed by atoms with Crippen molar-refractivity contribution < 1.29 is 9.53 Å². The molecule has 0 fully saturated rings. The minimum Gasteiger partial charge on any atom is -0.493 e. The third-order valence-corrected chi connectivity index (χ3v) is 1.82. The number of hydrogen-bond acceptors (Lipinski definition) is 3. The van der Waals surface area contributed by atoms with E-state index >= 15 is 0 Å². The molecule has 76 valence electrons. The summed E-state index contributed by atoms with van der Waals surface area (Å²) >= 11 is 0. The Morgan fingerprint density at radius 1 is 1.50 bits per heavy atom.